The van der Waals surface area contributed by atoms with Gasteiger partial charge in [-0.1, -0.05) is 11.8 Å². The van der Waals surface area contributed by atoms with Gasteiger partial charge in [0.1, 0.15) is 35.9 Å². The van der Waals surface area contributed by atoms with E-state index in [-0.39, 0.29) is 18.6 Å². The van der Waals surface area contributed by atoms with Gasteiger partial charge in [0.15, 0.2) is 0 Å². The maximum absolute atomic E-state index is 12.5. The molecule has 4 heteroatoms. The predicted molar refractivity (Wildman–Crippen MR) is 88.6 cm³/mol. The summed E-state index contributed by atoms with van der Waals surface area (Å²) in [5, 5.41) is 0.950. The van der Waals surface area contributed by atoms with E-state index in [0.29, 0.717) is 33.4 Å². The Hall–Kier alpha value is -3.37. The third-order valence-corrected chi connectivity index (χ3v) is 3.26. The summed E-state index contributed by atoms with van der Waals surface area (Å²) in [6.07, 6.45) is 10.3. The summed E-state index contributed by atoms with van der Waals surface area (Å²) in [5.74, 6) is 5.85. The van der Waals surface area contributed by atoms with Crippen LogP contribution in [0.15, 0.2) is 45.6 Å². The van der Waals surface area contributed by atoms with Crippen molar-refractivity contribution in [2.45, 2.75) is 0 Å². The van der Waals surface area contributed by atoms with Crippen LogP contribution in [0.1, 0.15) is 0 Å². The van der Waals surface area contributed by atoms with Crippen LogP contribution in [0.5, 0.6) is 11.5 Å². The van der Waals surface area contributed by atoms with E-state index >= 15 is 0 Å². The first-order valence-corrected chi connectivity index (χ1v) is 6.86. The summed E-state index contributed by atoms with van der Waals surface area (Å²) in [5.41, 5.74) is 0.727. The van der Waals surface area contributed by atoms with Gasteiger partial charge >= 0.3 is 0 Å². The SMILES string of the molecule is C#CCOc1ccc2c(=O)c3ccc(OCC#C)cc3oc2c1. The van der Waals surface area contributed by atoms with Crippen LogP contribution in [-0.2, 0) is 0 Å². The summed E-state index contributed by atoms with van der Waals surface area (Å²) in [4.78, 5) is 12.5. The summed E-state index contributed by atoms with van der Waals surface area (Å²) in [6.45, 7) is 0.292. The molecule has 4 nitrogen and oxygen atoms in total. The predicted octanol–water partition coefficient (Wildman–Crippen LogP) is 2.97. The fraction of sp³-hybridized carbons (Fsp3) is 0.105. The van der Waals surface area contributed by atoms with Crippen LogP contribution >= 0.6 is 0 Å². The second kappa shape index (κ2) is 6.17. The number of rotatable bonds is 4. The zero-order valence-corrected chi connectivity index (χ0v) is 12.2. The lowest BCUT2D eigenvalue weighted by atomic mass is 10.1. The Labute approximate surface area is 132 Å². The highest BCUT2D eigenvalue weighted by Gasteiger charge is 2.10. The second-order valence-corrected chi connectivity index (χ2v) is 4.73. The Morgan fingerprint density at radius 3 is 1.78 bits per heavy atom. The number of hydrogen-bond donors (Lipinski definition) is 0. The van der Waals surface area contributed by atoms with Crippen molar-refractivity contribution in [1.29, 1.82) is 0 Å². The number of fused-ring (bicyclic) bond motifs is 2. The number of benzene rings is 2. The van der Waals surface area contributed by atoms with Crippen molar-refractivity contribution in [3.05, 3.63) is 46.6 Å². The Kier molecular flexibility index (Phi) is 3.91. The third-order valence-electron chi connectivity index (χ3n) is 3.26. The van der Waals surface area contributed by atoms with Gasteiger partial charge in [0.05, 0.1) is 10.8 Å². The largest absolute Gasteiger partial charge is 0.481 e. The molecule has 0 N–H and O–H groups in total. The minimum atomic E-state index is -0.117. The topological polar surface area (TPSA) is 48.7 Å². The van der Waals surface area contributed by atoms with Gasteiger partial charge in [-0.15, -0.1) is 12.8 Å². The lowest BCUT2D eigenvalue weighted by Gasteiger charge is -2.06. The highest BCUT2D eigenvalue weighted by molar-refractivity contribution is 5.90. The van der Waals surface area contributed by atoms with E-state index in [1.54, 1.807) is 36.4 Å². The average Bonchev–Trinajstić information content (AvgIpc) is 2.57. The smallest absolute Gasteiger partial charge is 0.200 e. The van der Waals surface area contributed by atoms with Crippen LogP contribution in [0.3, 0.4) is 0 Å². The molecule has 0 radical (unpaired) electrons. The molecule has 0 aliphatic rings. The Bertz CT molecular complexity index is 937. The van der Waals surface area contributed by atoms with E-state index in [2.05, 4.69) is 11.8 Å². The van der Waals surface area contributed by atoms with Crippen LogP contribution in [-0.4, -0.2) is 13.2 Å². The summed E-state index contributed by atoms with van der Waals surface area (Å²) in [7, 11) is 0. The van der Waals surface area contributed by atoms with Crippen LogP contribution in [0.2, 0.25) is 0 Å². The maximum Gasteiger partial charge on any atom is 0.200 e. The molecule has 0 spiro atoms. The molecule has 3 rings (SSSR count). The highest BCUT2D eigenvalue weighted by atomic mass is 16.5. The molecule has 0 amide bonds. The number of ether oxygens (including phenoxy) is 2. The van der Waals surface area contributed by atoms with Crippen LogP contribution < -0.4 is 14.9 Å². The molecule has 3 aromatic rings. The standard InChI is InChI=1S/C19H12O4/c1-3-9-21-13-5-7-15-17(11-13)23-18-12-14(22-10-4-2)6-8-16(18)19(15)20/h1-2,5-8,11-12H,9-10H2. The molecular weight excluding hydrogens is 292 g/mol. The summed E-state index contributed by atoms with van der Waals surface area (Å²) in [6, 6.07) is 9.98. The zero-order chi connectivity index (χ0) is 16.2. The molecule has 0 unspecified atom stereocenters. The van der Waals surface area contributed by atoms with Crippen molar-refractivity contribution in [1.82, 2.24) is 0 Å². The van der Waals surface area contributed by atoms with Crippen molar-refractivity contribution in [3.8, 4) is 36.2 Å². The van der Waals surface area contributed by atoms with Crippen molar-refractivity contribution < 1.29 is 13.9 Å². The summed E-state index contributed by atoms with van der Waals surface area (Å²) < 4.78 is 16.5. The van der Waals surface area contributed by atoms with Gasteiger partial charge in [-0.25, -0.2) is 0 Å². The van der Waals surface area contributed by atoms with Crippen molar-refractivity contribution in [3.63, 3.8) is 0 Å². The van der Waals surface area contributed by atoms with E-state index in [4.69, 9.17) is 26.7 Å². The normalized spacial score (nSPS) is 10.2. The molecular formula is C19H12O4. The Morgan fingerprint density at radius 2 is 1.35 bits per heavy atom. The minimum absolute atomic E-state index is 0.117. The van der Waals surface area contributed by atoms with E-state index in [1.807, 2.05) is 0 Å². The van der Waals surface area contributed by atoms with Gasteiger partial charge in [-0.2, -0.15) is 0 Å². The quantitative estimate of drug-likeness (QED) is 0.549. The molecule has 0 saturated heterocycles. The first-order chi connectivity index (χ1) is 11.2. The molecule has 0 saturated carbocycles. The van der Waals surface area contributed by atoms with Crippen molar-refractivity contribution >= 4 is 21.9 Å². The Balaban J connectivity index is 2.14. The molecule has 0 bridgehead atoms. The van der Waals surface area contributed by atoms with Crippen LogP contribution in [0.4, 0.5) is 0 Å². The van der Waals surface area contributed by atoms with Crippen LogP contribution in [0, 0.1) is 24.7 Å². The fourth-order valence-corrected chi connectivity index (χ4v) is 2.24. The van der Waals surface area contributed by atoms with Gasteiger partial charge in [0, 0.05) is 12.1 Å². The van der Waals surface area contributed by atoms with E-state index in [1.165, 1.54) is 0 Å². The van der Waals surface area contributed by atoms with Gasteiger partial charge in [0.2, 0.25) is 5.43 Å². The van der Waals surface area contributed by atoms with Crippen LogP contribution in [0.25, 0.3) is 21.9 Å². The first kappa shape index (κ1) is 14.6. The van der Waals surface area contributed by atoms with Gasteiger partial charge < -0.3 is 13.9 Å². The lowest BCUT2D eigenvalue weighted by Crippen LogP contribution is -2.03. The number of hydrogen-bond acceptors (Lipinski definition) is 4. The first-order valence-electron chi connectivity index (χ1n) is 6.86. The summed E-state index contributed by atoms with van der Waals surface area (Å²) >= 11 is 0. The molecule has 0 aliphatic heterocycles. The Morgan fingerprint density at radius 1 is 0.870 bits per heavy atom. The van der Waals surface area contributed by atoms with E-state index < -0.39 is 0 Å². The van der Waals surface area contributed by atoms with E-state index in [9.17, 15) is 4.79 Å². The highest BCUT2D eigenvalue weighted by Crippen LogP contribution is 2.25. The molecule has 0 atom stereocenters. The fourth-order valence-electron chi connectivity index (χ4n) is 2.24. The van der Waals surface area contributed by atoms with Crippen molar-refractivity contribution in [2.24, 2.45) is 0 Å². The second-order valence-electron chi connectivity index (χ2n) is 4.73. The molecule has 1 aromatic heterocycles. The van der Waals surface area contributed by atoms with Gasteiger partial charge in [0.25, 0.3) is 0 Å². The average molecular weight is 304 g/mol. The third kappa shape index (κ3) is 2.84. The molecule has 0 fully saturated rings. The number of terminal acetylenes is 2. The maximum atomic E-state index is 12.5. The lowest BCUT2D eigenvalue weighted by molar-refractivity contribution is 0.370. The zero-order valence-electron chi connectivity index (χ0n) is 12.2. The van der Waals surface area contributed by atoms with Gasteiger partial charge in [-0.05, 0) is 24.3 Å². The van der Waals surface area contributed by atoms with E-state index in [0.717, 1.165) is 0 Å². The minimum Gasteiger partial charge on any atom is -0.481 e. The van der Waals surface area contributed by atoms with Crippen molar-refractivity contribution in [2.75, 3.05) is 13.2 Å². The molecule has 0 aliphatic carbocycles. The molecule has 23 heavy (non-hydrogen) atoms. The molecule has 1 heterocycles. The monoisotopic (exact) mass is 304 g/mol. The molecule has 2 aromatic carbocycles. The molecule has 112 valence electrons. The van der Waals surface area contributed by atoms with Gasteiger partial charge in [-0.3, -0.25) is 4.79 Å².